The summed E-state index contributed by atoms with van der Waals surface area (Å²) < 4.78 is 47.6. The van der Waals surface area contributed by atoms with Crippen molar-refractivity contribution in [3.05, 3.63) is 84.2 Å². The van der Waals surface area contributed by atoms with Crippen molar-refractivity contribution in [1.29, 1.82) is 0 Å². The molecule has 3 N–H and O–H groups in total. The number of aliphatic hydroxyl groups excluding tert-OH is 1. The molecular formula is C39H50N6O7S2. The predicted molar refractivity (Wildman–Crippen MR) is 207 cm³/mol. The molecular weight excluding hydrogens is 729 g/mol. The Morgan fingerprint density at radius 1 is 1.04 bits per heavy atom. The second-order valence-electron chi connectivity index (χ2n) is 14.9. The van der Waals surface area contributed by atoms with Crippen LogP contribution in [0.1, 0.15) is 44.2 Å². The van der Waals surface area contributed by atoms with Crippen molar-refractivity contribution in [2.24, 2.45) is 11.8 Å². The Morgan fingerprint density at radius 2 is 1.81 bits per heavy atom. The maximum absolute atomic E-state index is 14.3. The van der Waals surface area contributed by atoms with E-state index in [2.05, 4.69) is 32.7 Å². The number of hydrogen-bond donors (Lipinski definition) is 3. The van der Waals surface area contributed by atoms with Gasteiger partial charge in [-0.15, -0.1) is 0 Å². The van der Waals surface area contributed by atoms with E-state index >= 15 is 0 Å². The van der Waals surface area contributed by atoms with E-state index in [1.54, 1.807) is 18.2 Å². The van der Waals surface area contributed by atoms with E-state index in [1.807, 2.05) is 56.6 Å². The van der Waals surface area contributed by atoms with Crippen molar-refractivity contribution in [2.75, 3.05) is 44.7 Å². The lowest BCUT2D eigenvalue weighted by Crippen LogP contribution is -2.51. The van der Waals surface area contributed by atoms with Gasteiger partial charge in [0.1, 0.15) is 6.10 Å². The van der Waals surface area contributed by atoms with Gasteiger partial charge in [-0.25, -0.2) is 18.2 Å². The Balaban J connectivity index is 1.02. The van der Waals surface area contributed by atoms with Crippen LogP contribution < -0.4 is 10.6 Å². The lowest BCUT2D eigenvalue weighted by atomic mass is 10.0. The average molecular weight is 779 g/mol. The summed E-state index contributed by atoms with van der Waals surface area (Å²) in [6.45, 7) is 7.46. The van der Waals surface area contributed by atoms with Gasteiger partial charge in [-0.05, 0) is 73.1 Å². The number of nitrogens with zero attached hydrogens (tertiary/aromatic N) is 4. The number of likely N-dealkylation sites (tertiary alicyclic amines) is 1. The van der Waals surface area contributed by atoms with Gasteiger partial charge in [0.15, 0.2) is 11.4 Å². The summed E-state index contributed by atoms with van der Waals surface area (Å²) in [5.41, 5.74) is 2.86. The highest BCUT2D eigenvalue weighted by molar-refractivity contribution is 7.89. The van der Waals surface area contributed by atoms with Gasteiger partial charge in [-0.3, -0.25) is 9.88 Å². The number of carbonyl (C=O) groups excluding carboxylic acids is 1. The normalized spacial score (nSPS) is 22.1. The molecule has 290 valence electrons. The van der Waals surface area contributed by atoms with Crippen LogP contribution in [0.25, 0.3) is 10.2 Å². The molecule has 0 spiro atoms. The van der Waals surface area contributed by atoms with Crippen molar-refractivity contribution in [3.63, 3.8) is 0 Å². The van der Waals surface area contributed by atoms with Gasteiger partial charge >= 0.3 is 6.09 Å². The van der Waals surface area contributed by atoms with E-state index < -0.39 is 34.4 Å². The molecule has 0 unspecified atom stereocenters. The molecule has 2 aromatic carbocycles. The summed E-state index contributed by atoms with van der Waals surface area (Å²) in [6.07, 6.45) is 3.86. The van der Waals surface area contributed by atoms with Crippen molar-refractivity contribution >= 4 is 42.8 Å². The highest BCUT2D eigenvalue weighted by atomic mass is 32.2. The third kappa shape index (κ3) is 9.56. The fourth-order valence-corrected chi connectivity index (χ4v) is 10.2. The zero-order valence-electron chi connectivity index (χ0n) is 30.7. The number of pyridine rings is 1. The molecule has 0 aliphatic carbocycles. The minimum absolute atomic E-state index is 0.0273. The van der Waals surface area contributed by atoms with Gasteiger partial charge in [0.05, 0.1) is 46.4 Å². The number of hydrogen-bond acceptors (Lipinski definition) is 12. The molecule has 1 amide bonds. The highest BCUT2D eigenvalue weighted by Crippen LogP contribution is 2.34. The first-order chi connectivity index (χ1) is 26.1. The Labute approximate surface area is 321 Å². The van der Waals surface area contributed by atoms with Crippen LogP contribution in [0.5, 0.6) is 0 Å². The second kappa shape index (κ2) is 17.4. The number of thiazole rings is 1. The maximum atomic E-state index is 14.3. The molecule has 7 rings (SSSR count). The third-order valence-corrected chi connectivity index (χ3v) is 13.1. The van der Waals surface area contributed by atoms with Crippen LogP contribution in [0.3, 0.4) is 0 Å². The lowest BCUT2D eigenvalue weighted by molar-refractivity contribution is -0.0907. The molecule has 0 saturated carbocycles. The number of aromatic nitrogens is 2. The molecule has 3 fully saturated rings. The number of alkyl carbamates (subject to hydrolysis) is 1. The minimum atomic E-state index is -4.05. The van der Waals surface area contributed by atoms with Crippen LogP contribution >= 0.6 is 11.3 Å². The van der Waals surface area contributed by atoms with Gasteiger partial charge in [0.2, 0.25) is 10.0 Å². The van der Waals surface area contributed by atoms with E-state index in [4.69, 9.17) is 19.2 Å². The van der Waals surface area contributed by atoms with E-state index in [-0.39, 0.29) is 55.2 Å². The van der Waals surface area contributed by atoms with Crippen LogP contribution in [0, 0.1) is 11.8 Å². The fourth-order valence-electron chi connectivity index (χ4n) is 7.47. The number of fused-ring (bicyclic) bond motifs is 2. The zero-order valence-corrected chi connectivity index (χ0v) is 32.4. The topological polar surface area (TPSA) is 155 Å². The molecule has 3 saturated heterocycles. The molecule has 13 nitrogen and oxygen atoms in total. The third-order valence-electron chi connectivity index (χ3n) is 10.3. The van der Waals surface area contributed by atoms with Crippen molar-refractivity contribution in [2.45, 2.75) is 81.6 Å². The summed E-state index contributed by atoms with van der Waals surface area (Å²) in [6, 6.07) is 18.0. The van der Waals surface area contributed by atoms with Crippen LogP contribution in [0.2, 0.25) is 0 Å². The Kier molecular flexibility index (Phi) is 12.4. The fraction of sp³-hybridized carbons (Fsp3) is 0.513. The van der Waals surface area contributed by atoms with Gasteiger partial charge in [0.25, 0.3) is 0 Å². The smallest absolute Gasteiger partial charge is 0.407 e. The molecule has 54 heavy (non-hydrogen) atoms. The SMILES string of the molecule is CC(C)CN(C[C@@H](O)[C@H](Cc1ccccc1)NC(=O)O[C@H]1CO[C@H]2OCC[C@H]21)S(=O)(=O)c1ccc2nc(NC3CCN(Cc4ccncc4)CC3)sc2c1. The molecule has 2 aromatic heterocycles. The highest BCUT2D eigenvalue weighted by Gasteiger charge is 2.44. The second-order valence-corrected chi connectivity index (χ2v) is 17.9. The monoisotopic (exact) mass is 778 g/mol. The van der Waals surface area contributed by atoms with E-state index in [1.165, 1.54) is 21.2 Å². The van der Waals surface area contributed by atoms with Gasteiger partial charge in [-0.2, -0.15) is 4.31 Å². The number of piperidine rings is 1. The Morgan fingerprint density at radius 3 is 2.57 bits per heavy atom. The van der Waals surface area contributed by atoms with E-state index in [0.717, 1.165) is 59.8 Å². The van der Waals surface area contributed by atoms with Gasteiger partial charge < -0.3 is 30.0 Å². The molecule has 3 aliphatic heterocycles. The number of aliphatic hydroxyl groups is 1. The minimum Gasteiger partial charge on any atom is -0.443 e. The zero-order chi connectivity index (χ0) is 37.7. The van der Waals surface area contributed by atoms with Crippen molar-refractivity contribution < 1.29 is 32.5 Å². The van der Waals surface area contributed by atoms with Crippen molar-refractivity contribution in [3.8, 4) is 0 Å². The maximum Gasteiger partial charge on any atom is 0.407 e. The van der Waals surface area contributed by atoms with E-state index in [0.29, 0.717) is 6.61 Å². The molecule has 3 aliphatic rings. The van der Waals surface area contributed by atoms with Crippen molar-refractivity contribution in [1.82, 2.24) is 24.5 Å². The lowest BCUT2D eigenvalue weighted by Gasteiger charge is -2.32. The molecule has 5 heterocycles. The van der Waals surface area contributed by atoms with Crippen LogP contribution in [0.15, 0.2) is 78.0 Å². The predicted octanol–water partition coefficient (Wildman–Crippen LogP) is 4.87. The van der Waals surface area contributed by atoms with Crippen LogP contribution in [-0.4, -0.2) is 109 Å². The quantitative estimate of drug-likeness (QED) is 0.151. The van der Waals surface area contributed by atoms with Gasteiger partial charge in [-0.1, -0.05) is 55.5 Å². The first-order valence-corrected chi connectivity index (χ1v) is 21.1. The number of rotatable bonds is 15. The summed E-state index contributed by atoms with van der Waals surface area (Å²) in [4.78, 5) is 24.7. The van der Waals surface area contributed by atoms with Crippen LogP contribution in [-0.2, 0) is 37.2 Å². The number of sulfonamides is 1. The largest absolute Gasteiger partial charge is 0.443 e. The number of amides is 1. The first-order valence-electron chi connectivity index (χ1n) is 18.8. The van der Waals surface area contributed by atoms with E-state index in [9.17, 15) is 18.3 Å². The van der Waals surface area contributed by atoms with Gasteiger partial charge in [0, 0.05) is 51.2 Å². The summed E-state index contributed by atoms with van der Waals surface area (Å²) in [5, 5.41) is 18.9. The molecule has 15 heteroatoms. The summed E-state index contributed by atoms with van der Waals surface area (Å²) in [5.74, 6) is -0.0650. The number of ether oxygens (including phenoxy) is 3. The molecule has 0 bridgehead atoms. The standard InChI is InChI=1S/C39H50N6O7S2/c1-26(2)22-45(24-34(46)33(20-27-6-4-3-5-7-27)43-39(47)52-35-25-51-37-31(35)14-19-50-37)54(48,49)30-8-9-32-36(21-30)53-38(42-32)41-29-12-17-44(18-13-29)23-28-10-15-40-16-11-28/h3-11,15-16,21,26,29,31,33-35,37,46H,12-14,17-20,22-25H2,1-2H3,(H,41,42)(H,43,47)/t31-,33-,34+,35-,37+/m0/s1. The number of carbonyl (C=O) groups is 1. The first kappa shape index (κ1) is 38.6. The number of anilines is 1. The number of benzene rings is 2. The Hall–Kier alpha value is -3.70. The summed E-state index contributed by atoms with van der Waals surface area (Å²) >= 11 is 1.44. The molecule has 0 radical (unpaired) electrons. The number of nitrogens with one attached hydrogen (secondary N) is 2. The average Bonchev–Trinajstić information content (AvgIpc) is 3.89. The van der Waals surface area contributed by atoms with Crippen LogP contribution in [0.4, 0.5) is 9.93 Å². The Bertz CT molecular complexity index is 1940. The molecule has 5 atom stereocenters. The summed E-state index contributed by atoms with van der Waals surface area (Å²) in [7, 11) is -4.05. The molecule has 4 aromatic rings.